The fourth-order valence-electron chi connectivity index (χ4n) is 4.61. The lowest BCUT2D eigenvalue weighted by Crippen LogP contribution is -2.25. The molecule has 0 bridgehead atoms. The Morgan fingerprint density at radius 2 is 2.27 bits per heavy atom. The van der Waals surface area contributed by atoms with Gasteiger partial charge in [-0.15, -0.1) is 0 Å². The van der Waals surface area contributed by atoms with E-state index in [0.717, 1.165) is 19.6 Å². The van der Waals surface area contributed by atoms with Gasteiger partial charge >= 0.3 is 0 Å². The molecule has 0 amide bonds. The van der Waals surface area contributed by atoms with E-state index in [-0.39, 0.29) is 16.7 Å². The smallest absolute Gasteiger partial charge is 0.157 e. The zero-order valence-electron chi connectivity index (χ0n) is 14.5. The van der Waals surface area contributed by atoms with Gasteiger partial charge in [-0.2, -0.15) is 5.10 Å². The maximum Gasteiger partial charge on any atom is 0.157 e. The SMILES string of the molecule is O=Cc1c(O)cccc1OC[C@@]12CCOCC1C2c1ccnn1C1CC1. The van der Waals surface area contributed by atoms with E-state index >= 15 is 0 Å². The zero-order chi connectivity index (χ0) is 17.7. The Morgan fingerprint density at radius 3 is 3.08 bits per heavy atom. The van der Waals surface area contributed by atoms with E-state index in [1.807, 2.05) is 6.20 Å². The monoisotopic (exact) mass is 354 g/mol. The van der Waals surface area contributed by atoms with Gasteiger partial charge in [-0.1, -0.05) is 6.07 Å². The number of phenols is 1. The minimum absolute atomic E-state index is 0.0243. The van der Waals surface area contributed by atoms with Gasteiger partial charge in [0.05, 0.1) is 24.8 Å². The number of aromatic nitrogens is 2. The first-order chi connectivity index (χ1) is 12.7. The second kappa shape index (κ2) is 5.84. The molecule has 136 valence electrons. The molecular weight excluding hydrogens is 332 g/mol. The summed E-state index contributed by atoms with van der Waals surface area (Å²) in [7, 11) is 0. The molecule has 3 aliphatic rings. The number of carbonyl (C=O) groups is 1. The molecule has 0 spiro atoms. The molecule has 0 radical (unpaired) electrons. The highest BCUT2D eigenvalue weighted by Crippen LogP contribution is 2.68. The van der Waals surface area contributed by atoms with Gasteiger partial charge in [0.15, 0.2) is 6.29 Å². The summed E-state index contributed by atoms with van der Waals surface area (Å²) < 4.78 is 14.0. The Hall–Kier alpha value is -2.34. The average molecular weight is 354 g/mol. The number of hydrogen-bond acceptors (Lipinski definition) is 5. The third-order valence-corrected chi connectivity index (χ3v) is 6.23. The first kappa shape index (κ1) is 15.9. The third-order valence-electron chi connectivity index (χ3n) is 6.23. The van der Waals surface area contributed by atoms with E-state index in [9.17, 15) is 9.90 Å². The molecule has 2 aliphatic carbocycles. The number of ether oxygens (including phenoxy) is 2. The van der Waals surface area contributed by atoms with Crippen molar-refractivity contribution in [3.8, 4) is 11.5 Å². The fourth-order valence-corrected chi connectivity index (χ4v) is 4.61. The molecule has 3 atom stereocenters. The van der Waals surface area contributed by atoms with Crippen LogP contribution in [0.3, 0.4) is 0 Å². The number of aldehydes is 1. The summed E-state index contributed by atoms with van der Waals surface area (Å²) in [5, 5.41) is 14.4. The first-order valence-corrected chi connectivity index (χ1v) is 9.26. The van der Waals surface area contributed by atoms with E-state index in [2.05, 4.69) is 15.8 Å². The van der Waals surface area contributed by atoms with Crippen molar-refractivity contribution in [2.75, 3.05) is 19.8 Å². The summed E-state index contributed by atoms with van der Waals surface area (Å²) >= 11 is 0. The summed E-state index contributed by atoms with van der Waals surface area (Å²) in [6.45, 7) is 1.99. The molecule has 1 aliphatic heterocycles. The number of benzene rings is 1. The van der Waals surface area contributed by atoms with Crippen molar-refractivity contribution in [3.05, 3.63) is 41.7 Å². The van der Waals surface area contributed by atoms with Crippen LogP contribution in [0.15, 0.2) is 30.5 Å². The molecule has 1 aromatic heterocycles. The molecule has 6 heteroatoms. The van der Waals surface area contributed by atoms with Crippen LogP contribution in [0.1, 0.15) is 47.3 Å². The molecule has 6 nitrogen and oxygen atoms in total. The predicted molar refractivity (Wildman–Crippen MR) is 93.6 cm³/mol. The second-order valence-electron chi connectivity index (χ2n) is 7.67. The minimum Gasteiger partial charge on any atom is -0.507 e. The van der Waals surface area contributed by atoms with Crippen molar-refractivity contribution in [2.45, 2.75) is 31.2 Å². The molecule has 1 aromatic carbocycles. The molecule has 2 unspecified atom stereocenters. The number of aromatic hydroxyl groups is 1. The van der Waals surface area contributed by atoms with Gasteiger partial charge < -0.3 is 14.6 Å². The number of nitrogens with zero attached hydrogens (tertiary/aromatic N) is 2. The number of carbonyl (C=O) groups excluding carboxylic acids is 1. The summed E-state index contributed by atoms with van der Waals surface area (Å²) in [5.41, 5.74) is 1.53. The van der Waals surface area contributed by atoms with Gasteiger partial charge in [0.2, 0.25) is 0 Å². The molecular formula is C20H22N2O4. The number of hydrogen-bond donors (Lipinski definition) is 1. The van der Waals surface area contributed by atoms with Crippen LogP contribution in [0, 0.1) is 11.3 Å². The van der Waals surface area contributed by atoms with Gasteiger partial charge in [-0.3, -0.25) is 9.48 Å². The van der Waals surface area contributed by atoms with E-state index in [0.29, 0.717) is 36.5 Å². The minimum atomic E-state index is -0.0438. The quantitative estimate of drug-likeness (QED) is 0.808. The van der Waals surface area contributed by atoms with Crippen molar-refractivity contribution in [3.63, 3.8) is 0 Å². The van der Waals surface area contributed by atoms with Gasteiger partial charge in [0.1, 0.15) is 11.5 Å². The Balaban J connectivity index is 1.41. The highest BCUT2D eigenvalue weighted by atomic mass is 16.5. The summed E-state index contributed by atoms with van der Waals surface area (Å²) in [4.78, 5) is 11.3. The van der Waals surface area contributed by atoms with E-state index < -0.39 is 0 Å². The van der Waals surface area contributed by atoms with Crippen molar-refractivity contribution in [1.82, 2.24) is 9.78 Å². The number of fused-ring (bicyclic) bond motifs is 1. The van der Waals surface area contributed by atoms with Crippen molar-refractivity contribution >= 4 is 6.29 Å². The van der Waals surface area contributed by atoms with Crippen LogP contribution >= 0.6 is 0 Å². The van der Waals surface area contributed by atoms with Crippen LogP contribution in [0.25, 0.3) is 0 Å². The summed E-state index contributed by atoms with van der Waals surface area (Å²) in [6, 6.07) is 7.62. The average Bonchev–Trinajstić information content (AvgIpc) is 3.56. The highest BCUT2D eigenvalue weighted by molar-refractivity contribution is 5.83. The van der Waals surface area contributed by atoms with Gasteiger partial charge in [0, 0.05) is 35.7 Å². The van der Waals surface area contributed by atoms with Crippen LogP contribution in [-0.2, 0) is 4.74 Å². The maximum absolute atomic E-state index is 11.3. The first-order valence-electron chi connectivity index (χ1n) is 9.26. The number of phenolic OH excluding ortho intramolecular Hbond substituents is 1. The molecule has 2 saturated carbocycles. The van der Waals surface area contributed by atoms with Gasteiger partial charge in [-0.05, 0) is 37.5 Å². The molecule has 2 heterocycles. The Morgan fingerprint density at radius 1 is 1.38 bits per heavy atom. The van der Waals surface area contributed by atoms with E-state index in [1.54, 1.807) is 12.1 Å². The molecule has 2 aromatic rings. The fraction of sp³-hybridized carbons (Fsp3) is 0.500. The molecule has 3 fully saturated rings. The Kier molecular flexibility index (Phi) is 3.57. The topological polar surface area (TPSA) is 73.6 Å². The third kappa shape index (κ3) is 2.35. The van der Waals surface area contributed by atoms with Crippen LogP contribution in [0.4, 0.5) is 0 Å². The molecule has 26 heavy (non-hydrogen) atoms. The molecule has 5 rings (SSSR count). The van der Waals surface area contributed by atoms with E-state index in [4.69, 9.17) is 9.47 Å². The van der Waals surface area contributed by atoms with Crippen molar-refractivity contribution < 1.29 is 19.4 Å². The summed E-state index contributed by atoms with van der Waals surface area (Å²) in [5.74, 6) is 1.20. The summed E-state index contributed by atoms with van der Waals surface area (Å²) in [6.07, 6.45) is 5.90. The predicted octanol–water partition coefficient (Wildman–Crippen LogP) is 2.94. The normalized spacial score (nSPS) is 29.8. The van der Waals surface area contributed by atoms with Crippen molar-refractivity contribution in [1.29, 1.82) is 0 Å². The molecule has 1 saturated heterocycles. The Labute approximate surface area is 151 Å². The largest absolute Gasteiger partial charge is 0.507 e. The Bertz CT molecular complexity index is 844. The van der Waals surface area contributed by atoms with Crippen LogP contribution in [0.2, 0.25) is 0 Å². The lowest BCUT2D eigenvalue weighted by Gasteiger charge is -2.23. The van der Waals surface area contributed by atoms with E-state index in [1.165, 1.54) is 24.6 Å². The van der Waals surface area contributed by atoms with Crippen LogP contribution in [-0.4, -0.2) is 41.0 Å². The van der Waals surface area contributed by atoms with Crippen LogP contribution < -0.4 is 4.74 Å². The second-order valence-corrected chi connectivity index (χ2v) is 7.67. The van der Waals surface area contributed by atoms with Crippen molar-refractivity contribution in [2.24, 2.45) is 11.3 Å². The van der Waals surface area contributed by atoms with Gasteiger partial charge in [0.25, 0.3) is 0 Å². The molecule has 1 N–H and O–H groups in total. The lowest BCUT2D eigenvalue weighted by molar-refractivity contribution is 0.0436. The maximum atomic E-state index is 11.3. The zero-order valence-corrected chi connectivity index (χ0v) is 14.5. The standard InChI is InChI=1S/C20H22N2O4/c23-10-14-17(24)2-1-3-18(14)26-12-20-7-9-25-11-15(20)19(20)16-6-8-21-22(16)13-4-5-13/h1-3,6,8,10,13,15,19,24H,4-5,7,9,11-12H2/t15?,19?,20-/m0/s1. The highest BCUT2D eigenvalue weighted by Gasteiger charge is 2.67. The van der Waals surface area contributed by atoms with Gasteiger partial charge in [-0.25, -0.2) is 0 Å². The van der Waals surface area contributed by atoms with Crippen LogP contribution in [0.5, 0.6) is 11.5 Å². The number of rotatable bonds is 6. The lowest BCUT2D eigenvalue weighted by atomic mass is 9.96.